The molecule has 2 N–H and O–H groups in total. The predicted molar refractivity (Wildman–Crippen MR) is 69.4 cm³/mol. The molecule has 1 saturated carbocycles. The van der Waals surface area contributed by atoms with Crippen LogP contribution < -0.4 is 5.32 Å². The maximum Gasteiger partial charge on any atom is 0.251 e. The van der Waals surface area contributed by atoms with E-state index in [1.54, 1.807) is 12.1 Å². The first-order valence-corrected chi connectivity index (χ1v) is 6.28. The van der Waals surface area contributed by atoms with E-state index in [-0.39, 0.29) is 17.9 Å². The molecule has 1 aliphatic carbocycles. The van der Waals surface area contributed by atoms with Crippen molar-refractivity contribution in [1.29, 1.82) is 0 Å². The zero-order valence-corrected chi connectivity index (χ0v) is 10.5. The van der Waals surface area contributed by atoms with E-state index in [0.29, 0.717) is 12.1 Å². The van der Waals surface area contributed by atoms with Crippen LogP contribution in [0.1, 0.15) is 29.6 Å². The van der Waals surface area contributed by atoms with Crippen LogP contribution in [0.4, 0.5) is 0 Å². The molecule has 1 aliphatic rings. The Labute approximate surface area is 107 Å². The highest BCUT2D eigenvalue weighted by Crippen LogP contribution is 2.47. The number of carbonyl (C=O) groups is 1. The van der Waals surface area contributed by atoms with Crippen LogP contribution in [0.3, 0.4) is 0 Å². The summed E-state index contributed by atoms with van der Waals surface area (Å²) in [5, 5.41) is 11.9. The molecule has 4 heteroatoms. The normalized spacial score (nSPS) is 16.6. The Balaban J connectivity index is 1.90. The van der Waals surface area contributed by atoms with Gasteiger partial charge in [0.15, 0.2) is 0 Å². The summed E-state index contributed by atoms with van der Waals surface area (Å²) in [6.45, 7) is 0.852. The van der Waals surface area contributed by atoms with E-state index in [2.05, 4.69) is 17.9 Å². The molecule has 0 saturated heterocycles. The molecule has 0 bridgehead atoms. The molecule has 0 aromatic heterocycles. The topological polar surface area (TPSA) is 49.3 Å². The van der Waals surface area contributed by atoms with Gasteiger partial charge in [-0.3, -0.25) is 4.79 Å². The molecule has 0 atom stereocenters. The van der Waals surface area contributed by atoms with Gasteiger partial charge in [-0.05, 0) is 42.9 Å². The van der Waals surface area contributed by atoms with Crippen LogP contribution in [0.15, 0.2) is 29.2 Å². The molecular formula is C13H17NO2S. The predicted octanol–water partition coefficient (Wildman–Crippen LogP) is 1.87. The molecule has 3 nitrogen and oxygen atoms in total. The largest absolute Gasteiger partial charge is 0.396 e. The second kappa shape index (κ2) is 5.10. The highest BCUT2D eigenvalue weighted by atomic mass is 32.1. The average molecular weight is 251 g/mol. The molecule has 0 unspecified atom stereocenters. The molecule has 1 amide bonds. The van der Waals surface area contributed by atoms with Crippen LogP contribution in [-0.4, -0.2) is 24.2 Å². The maximum absolute atomic E-state index is 11.9. The summed E-state index contributed by atoms with van der Waals surface area (Å²) in [5.74, 6) is -0.0647. The molecule has 1 aromatic carbocycles. The van der Waals surface area contributed by atoms with Gasteiger partial charge in [-0.1, -0.05) is 6.07 Å². The highest BCUT2D eigenvalue weighted by Gasteiger charge is 2.41. The minimum atomic E-state index is -0.0647. The third-order valence-corrected chi connectivity index (χ3v) is 3.61. The van der Waals surface area contributed by atoms with Crippen molar-refractivity contribution in [2.24, 2.45) is 5.41 Å². The summed E-state index contributed by atoms with van der Waals surface area (Å²) < 4.78 is 0. The second-order valence-electron chi connectivity index (χ2n) is 4.71. The van der Waals surface area contributed by atoms with Gasteiger partial charge in [-0.25, -0.2) is 0 Å². The minimum absolute atomic E-state index is 0.0647. The second-order valence-corrected chi connectivity index (χ2v) is 5.22. The van der Waals surface area contributed by atoms with E-state index in [4.69, 9.17) is 5.11 Å². The Bertz CT molecular complexity index is 416. The molecule has 0 aliphatic heterocycles. The standard InChI is InChI=1S/C13H17NO2S/c15-7-6-13(4-5-13)9-14-12(16)10-2-1-3-11(17)8-10/h1-3,8,15,17H,4-7,9H2,(H,14,16). The van der Waals surface area contributed by atoms with E-state index in [1.807, 2.05) is 12.1 Å². The van der Waals surface area contributed by atoms with Crippen LogP contribution >= 0.6 is 12.6 Å². The van der Waals surface area contributed by atoms with E-state index < -0.39 is 0 Å². The third-order valence-electron chi connectivity index (χ3n) is 3.33. The first-order chi connectivity index (χ1) is 8.15. The lowest BCUT2D eigenvalue weighted by Crippen LogP contribution is -2.30. The van der Waals surface area contributed by atoms with Crippen molar-refractivity contribution in [1.82, 2.24) is 5.32 Å². The Morgan fingerprint density at radius 2 is 2.24 bits per heavy atom. The molecule has 0 spiro atoms. The van der Waals surface area contributed by atoms with Crippen molar-refractivity contribution in [3.63, 3.8) is 0 Å². The molecule has 1 fully saturated rings. The summed E-state index contributed by atoms with van der Waals surface area (Å²) in [5.41, 5.74) is 0.792. The summed E-state index contributed by atoms with van der Waals surface area (Å²) in [6, 6.07) is 7.19. The molecule has 0 radical (unpaired) electrons. The first-order valence-electron chi connectivity index (χ1n) is 5.83. The van der Waals surface area contributed by atoms with Gasteiger partial charge in [0.1, 0.15) is 0 Å². The number of aliphatic hydroxyl groups excluding tert-OH is 1. The number of benzene rings is 1. The fourth-order valence-electron chi connectivity index (χ4n) is 1.95. The number of amides is 1. The Morgan fingerprint density at radius 1 is 1.47 bits per heavy atom. The quantitative estimate of drug-likeness (QED) is 0.700. The van der Waals surface area contributed by atoms with Crippen LogP contribution in [0.2, 0.25) is 0 Å². The van der Waals surface area contributed by atoms with Gasteiger partial charge in [0, 0.05) is 23.6 Å². The summed E-state index contributed by atoms with van der Waals surface area (Å²) in [6.07, 6.45) is 2.97. The summed E-state index contributed by atoms with van der Waals surface area (Å²) >= 11 is 4.21. The number of hydrogen-bond acceptors (Lipinski definition) is 3. The molecule has 17 heavy (non-hydrogen) atoms. The van der Waals surface area contributed by atoms with E-state index in [9.17, 15) is 4.79 Å². The Kier molecular flexibility index (Phi) is 3.74. The van der Waals surface area contributed by atoms with Crippen molar-refractivity contribution in [3.8, 4) is 0 Å². The van der Waals surface area contributed by atoms with Gasteiger partial charge in [-0.2, -0.15) is 0 Å². The van der Waals surface area contributed by atoms with Gasteiger partial charge in [0.2, 0.25) is 0 Å². The van der Waals surface area contributed by atoms with Crippen LogP contribution in [0.5, 0.6) is 0 Å². The number of hydrogen-bond donors (Lipinski definition) is 3. The van der Waals surface area contributed by atoms with Crippen LogP contribution in [0.25, 0.3) is 0 Å². The van der Waals surface area contributed by atoms with E-state index >= 15 is 0 Å². The van der Waals surface area contributed by atoms with Gasteiger partial charge in [-0.15, -0.1) is 12.6 Å². The lowest BCUT2D eigenvalue weighted by atomic mass is 10.0. The monoisotopic (exact) mass is 251 g/mol. The average Bonchev–Trinajstić information content (AvgIpc) is 3.07. The molecule has 1 aromatic rings. The van der Waals surface area contributed by atoms with Gasteiger partial charge >= 0.3 is 0 Å². The zero-order valence-electron chi connectivity index (χ0n) is 9.65. The van der Waals surface area contributed by atoms with E-state index in [0.717, 1.165) is 24.2 Å². The number of rotatable bonds is 5. The number of thiol groups is 1. The number of carbonyl (C=O) groups excluding carboxylic acids is 1. The highest BCUT2D eigenvalue weighted by molar-refractivity contribution is 7.80. The maximum atomic E-state index is 11.9. The Morgan fingerprint density at radius 3 is 2.82 bits per heavy atom. The fraction of sp³-hybridized carbons (Fsp3) is 0.462. The van der Waals surface area contributed by atoms with Gasteiger partial charge in [0.25, 0.3) is 5.91 Å². The van der Waals surface area contributed by atoms with Crippen molar-refractivity contribution in [2.45, 2.75) is 24.2 Å². The molecule has 92 valence electrons. The minimum Gasteiger partial charge on any atom is -0.396 e. The molecule has 2 rings (SSSR count). The Hall–Kier alpha value is -1.00. The molecule has 0 heterocycles. The van der Waals surface area contributed by atoms with Crippen LogP contribution in [-0.2, 0) is 0 Å². The summed E-state index contributed by atoms with van der Waals surface area (Å²) in [7, 11) is 0. The number of aliphatic hydroxyl groups is 1. The van der Waals surface area contributed by atoms with Crippen molar-refractivity contribution >= 4 is 18.5 Å². The summed E-state index contributed by atoms with van der Waals surface area (Å²) in [4.78, 5) is 12.7. The fourth-order valence-corrected chi connectivity index (χ4v) is 2.17. The zero-order chi connectivity index (χ0) is 12.3. The van der Waals surface area contributed by atoms with Crippen molar-refractivity contribution < 1.29 is 9.90 Å². The van der Waals surface area contributed by atoms with Crippen molar-refractivity contribution in [3.05, 3.63) is 29.8 Å². The van der Waals surface area contributed by atoms with Gasteiger partial charge in [0.05, 0.1) is 0 Å². The first kappa shape index (κ1) is 12.5. The third kappa shape index (κ3) is 3.23. The van der Waals surface area contributed by atoms with Crippen molar-refractivity contribution in [2.75, 3.05) is 13.2 Å². The van der Waals surface area contributed by atoms with E-state index in [1.165, 1.54) is 0 Å². The SMILES string of the molecule is O=C(NCC1(CCO)CC1)c1cccc(S)c1. The smallest absolute Gasteiger partial charge is 0.251 e. The lowest BCUT2D eigenvalue weighted by molar-refractivity contribution is 0.0940. The number of nitrogens with one attached hydrogen (secondary N) is 1. The van der Waals surface area contributed by atoms with Gasteiger partial charge < -0.3 is 10.4 Å². The molecular weight excluding hydrogens is 234 g/mol. The lowest BCUT2D eigenvalue weighted by Gasteiger charge is -2.14. The van der Waals surface area contributed by atoms with Crippen LogP contribution in [0, 0.1) is 5.41 Å².